The Labute approximate surface area is 117 Å². The summed E-state index contributed by atoms with van der Waals surface area (Å²) in [6, 6.07) is 7.80. The van der Waals surface area contributed by atoms with Gasteiger partial charge in [0.2, 0.25) is 5.91 Å². The van der Waals surface area contributed by atoms with Crippen molar-refractivity contribution in [2.75, 3.05) is 11.9 Å². The topological polar surface area (TPSA) is 41.1 Å². The minimum Gasteiger partial charge on any atom is -0.374 e. The van der Waals surface area contributed by atoms with E-state index in [4.69, 9.17) is 0 Å². The van der Waals surface area contributed by atoms with E-state index in [0.29, 0.717) is 0 Å². The van der Waals surface area contributed by atoms with Gasteiger partial charge in [-0.2, -0.15) is 0 Å². The number of rotatable bonds is 6. The summed E-state index contributed by atoms with van der Waals surface area (Å²) in [5.74, 6) is 0.0528. The van der Waals surface area contributed by atoms with Crippen molar-refractivity contribution < 1.29 is 4.79 Å². The van der Waals surface area contributed by atoms with Gasteiger partial charge in [-0.05, 0) is 60.2 Å². The predicted octanol–water partition coefficient (Wildman–Crippen LogP) is 3.01. The van der Waals surface area contributed by atoms with Crippen molar-refractivity contribution in [1.82, 2.24) is 5.32 Å². The monoisotopic (exact) mass is 346 g/mol. The lowest BCUT2D eigenvalue weighted by Gasteiger charge is -2.15. The Balaban J connectivity index is 2.40. The summed E-state index contributed by atoms with van der Waals surface area (Å²) in [6.07, 6.45) is 2.13. The SMILES string of the molecule is CCCCNC(=O)C(C)Nc1ccc(I)cc1. The van der Waals surface area contributed by atoms with Crippen molar-refractivity contribution in [3.8, 4) is 0 Å². The molecule has 0 aliphatic rings. The third kappa shape index (κ3) is 5.39. The zero-order chi connectivity index (χ0) is 12.7. The maximum atomic E-state index is 11.7. The summed E-state index contributed by atoms with van der Waals surface area (Å²) in [5.41, 5.74) is 0.976. The summed E-state index contributed by atoms with van der Waals surface area (Å²) in [5, 5.41) is 6.09. The van der Waals surface area contributed by atoms with Gasteiger partial charge in [0.25, 0.3) is 0 Å². The van der Waals surface area contributed by atoms with E-state index in [1.54, 1.807) is 0 Å². The van der Waals surface area contributed by atoms with E-state index in [-0.39, 0.29) is 11.9 Å². The fraction of sp³-hybridized carbons (Fsp3) is 0.462. The number of halogens is 1. The second-order valence-electron chi connectivity index (χ2n) is 4.02. The van der Waals surface area contributed by atoms with Crippen LogP contribution >= 0.6 is 22.6 Å². The number of carbonyl (C=O) groups excluding carboxylic acids is 1. The third-order valence-corrected chi connectivity index (χ3v) is 3.17. The van der Waals surface area contributed by atoms with Crippen molar-refractivity contribution in [3.05, 3.63) is 27.8 Å². The zero-order valence-electron chi connectivity index (χ0n) is 10.3. The minimum atomic E-state index is -0.202. The van der Waals surface area contributed by atoms with E-state index in [2.05, 4.69) is 40.1 Å². The summed E-state index contributed by atoms with van der Waals surface area (Å²) in [6.45, 7) is 4.74. The van der Waals surface area contributed by atoms with E-state index in [1.165, 1.54) is 3.57 Å². The molecule has 1 aromatic rings. The highest BCUT2D eigenvalue weighted by atomic mass is 127. The van der Waals surface area contributed by atoms with Crippen LogP contribution in [-0.4, -0.2) is 18.5 Å². The van der Waals surface area contributed by atoms with Crippen LogP contribution in [0.5, 0.6) is 0 Å². The van der Waals surface area contributed by atoms with Gasteiger partial charge in [0.1, 0.15) is 6.04 Å². The fourth-order valence-electron chi connectivity index (χ4n) is 1.40. The molecule has 0 aliphatic heterocycles. The highest BCUT2D eigenvalue weighted by Crippen LogP contribution is 2.12. The van der Waals surface area contributed by atoms with Gasteiger partial charge < -0.3 is 10.6 Å². The number of hydrogen-bond acceptors (Lipinski definition) is 2. The largest absolute Gasteiger partial charge is 0.374 e. The van der Waals surface area contributed by atoms with E-state index >= 15 is 0 Å². The molecule has 1 aromatic carbocycles. The number of hydrogen-bond donors (Lipinski definition) is 2. The second kappa shape index (κ2) is 7.53. The summed E-state index contributed by atoms with van der Waals surface area (Å²) >= 11 is 2.26. The van der Waals surface area contributed by atoms with Crippen LogP contribution in [0.25, 0.3) is 0 Å². The fourth-order valence-corrected chi connectivity index (χ4v) is 1.76. The molecule has 0 saturated heterocycles. The Morgan fingerprint density at radius 3 is 2.59 bits per heavy atom. The summed E-state index contributed by atoms with van der Waals surface area (Å²) in [7, 11) is 0. The molecule has 4 heteroatoms. The molecule has 0 bridgehead atoms. The van der Waals surface area contributed by atoms with Crippen molar-refractivity contribution >= 4 is 34.2 Å². The van der Waals surface area contributed by atoms with Gasteiger partial charge >= 0.3 is 0 Å². The van der Waals surface area contributed by atoms with Crippen LogP contribution in [0.3, 0.4) is 0 Å². The molecule has 1 atom stereocenters. The van der Waals surface area contributed by atoms with Crippen LogP contribution in [0, 0.1) is 3.57 Å². The number of carbonyl (C=O) groups is 1. The third-order valence-electron chi connectivity index (χ3n) is 2.45. The molecule has 0 fully saturated rings. The molecule has 17 heavy (non-hydrogen) atoms. The van der Waals surface area contributed by atoms with Gasteiger partial charge in [-0.1, -0.05) is 13.3 Å². The lowest BCUT2D eigenvalue weighted by molar-refractivity contribution is -0.121. The number of benzene rings is 1. The second-order valence-corrected chi connectivity index (χ2v) is 5.26. The van der Waals surface area contributed by atoms with Crippen LogP contribution in [0.2, 0.25) is 0 Å². The standard InChI is InChI=1S/C13H19IN2O/c1-3-4-9-15-13(17)10(2)16-12-7-5-11(14)6-8-12/h5-8,10,16H,3-4,9H2,1-2H3,(H,15,17). The predicted molar refractivity (Wildman–Crippen MR) is 80.2 cm³/mol. The Morgan fingerprint density at radius 2 is 2.00 bits per heavy atom. The summed E-state index contributed by atoms with van der Waals surface area (Å²) in [4.78, 5) is 11.7. The molecule has 1 rings (SSSR count). The maximum Gasteiger partial charge on any atom is 0.242 e. The summed E-state index contributed by atoms with van der Waals surface area (Å²) < 4.78 is 1.19. The van der Waals surface area contributed by atoms with Crippen LogP contribution < -0.4 is 10.6 Å². The first kappa shape index (κ1) is 14.3. The number of amides is 1. The molecule has 2 N–H and O–H groups in total. The first-order valence-electron chi connectivity index (χ1n) is 5.93. The number of nitrogens with one attached hydrogen (secondary N) is 2. The van der Waals surface area contributed by atoms with Crippen LogP contribution in [0.1, 0.15) is 26.7 Å². The van der Waals surface area contributed by atoms with E-state index in [9.17, 15) is 4.79 Å². The van der Waals surface area contributed by atoms with Crippen molar-refractivity contribution in [1.29, 1.82) is 0 Å². The normalized spacial score (nSPS) is 11.9. The molecule has 1 amide bonds. The molecule has 0 heterocycles. The molecule has 0 aliphatic carbocycles. The van der Waals surface area contributed by atoms with E-state index < -0.39 is 0 Å². The number of unbranched alkanes of at least 4 members (excludes halogenated alkanes) is 1. The molecular formula is C13H19IN2O. The van der Waals surface area contributed by atoms with Crippen LogP contribution in [-0.2, 0) is 4.79 Å². The smallest absolute Gasteiger partial charge is 0.242 e. The van der Waals surface area contributed by atoms with E-state index in [1.807, 2.05) is 31.2 Å². The van der Waals surface area contributed by atoms with Gasteiger partial charge in [-0.3, -0.25) is 4.79 Å². The van der Waals surface area contributed by atoms with Gasteiger partial charge in [-0.15, -0.1) is 0 Å². The molecule has 0 aromatic heterocycles. The van der Waals surface area contributed by atoms with E-state index in [0.717, 1.165) is 25.1 Å². The quantitative estimate of drug-likeness (QED) is 0.614. The Morgan fingerprint density at radius 1 is 1.35 bits per heavy atom. The van der Waals surface area contributed by atoms with Crippen LogP contribution in [0.4, 0.5) is 5.69 Å². The highest BCUT2D eigenvalue weighted by molar-refractivity contribution is 14.1. The molecule has 3 nitrogen and oxygen atoms in total. The van der Waals surface area contributed by atoms with Crippen molar-refractivity contribution in [2.45, 2.75) is 32.7 Å². The maximum absolute atomic E-state index is 11.7. The van der Waals surface area contributed by atoms with Crippen molar-refractivity contribution in [3.63, 3.8) is 0 Å². The first-order chi connectivity index (χ1) is 8.13. The Bertz CT molecular complexity index is 351. The number of anilines is 1. The highest BCUT2D eigenvalue weighted by Gasteiger charge is 2.11. The molecule has 1 unspecified atom stereocenters. The lowest BCUT2D eigenvalue weighted by atomic mass is 10.2. The minimum absolute atomic E-state index is 0.0528. The van der Waals surface area contributed by atoms with Crippen LogP contribution in [0.15, 0.2) is 24.3 Å². The van der Waals surface area contributed by atoms with Gasteiger partial charge in [0, 0.05) is 15.8 Å². The lowest BCUT2D eigenvalue weighted by Crippen LogP contribution is -2.37. The zero-order valence-corrected chi connectivity index (χ0v) is 12.5. The van der Waals surface area contributed by atoms with Gasteiger partial charge in [0.05, 0.1) is 0 Å². The van der Waals surface area contributed by atoms with Gasteiger partial charge in [-0.25, -0.2) is 0 Å². The molecule has 94 valence electrons. The Kier molecular flexibility index (Phi) is 6.32. The molecule has 0 spiro atoms. The molecular weight excluding hydrogens is 327 g/mol. The average Bonchev–Trinajstić information content (AvgIpc) is 2.32. The van der Waals surface area contributed by atoms with Gasteiger partial charge in [0.15, 0.2) is 0 Å². The molecule has 0 saturated carbocycles. The Hall–Kier alpha value is -0.780. The first-order valence-corrected chi connectivity index (χ1v) is 7.01. The average molecular weight is 346 g/mol. The molecule has 0 radical (unpaired) electrons. The van der Waals surface area contributed by atoms with Crippen molar-refractivity contribution in [2.24, 2.45) is 0 Å².